The van der Waals surface area contributed by atoms with Gasteiger partial charge in [-0.25, -0.2) is 0 Å². The SMILES string of the molecule is Cc1ccccc1-n1c(SC(C)C(=O)c2ccc(Cl)cc2)nnc1N1CCOCC1. The maximum absolute atomic E-state index is 12.9. The summed E-state index contributed by atoms with van der Waals surface area (Å²) in [4.78, 5) is 15.1. The molecule has 1 saturated heterocycles. The molecule has 0 bridgehead atoms. The van der Waals surface area contributed by atoms with Crippen molar-refractivity contribution in [2.24, 2.45) is 0 Å². The molecule has 2 heterocycles. The van der Waals surface area contributed by atoms with Gasteiger partial charge in [-0.2, -0.15) is 0 Å². The van der Waals surface area contributed by atoms with Gasteiger partial charge in [0.2, 0.25) is 5.95 Å². The van der Waals surface area contributed by atoms with Crippen LogP contribution in [0.15, 0.2) is 53.7 Å². The molecule has 2 aromatic carbocycles. The molecule has 0 N–H and O–H groups in total. The van der Waals surface area contributed by atoms with Gasteiger partial charge in [0.05, 0.1) is 24.2 Å². The number of rotatable bonds is 6. The highest BCUT2D eigenvalue weighted by Gasteiger charge is 2.25. The van der Waals surface area contributed by atoms with Gasteiger partial charge < -0.3 is 9.64 Å². The van der Waals surface area contributed by atoms with Crippen molar-refractivity contribution in [2.75, 3.05) is 31.2 Å². The molecule has 0 amide bonds. The molecule has 1 aromatic heterocycles. The van der Waals surface area contributed by atoms with Crippen LogP contribution >= 0.6 is 23.4 Å². The van der Waals surface area contributed by atoms with Crippen LogP contribution in [0.4, 0.5) is 5.95 Å². The first-order chi connectivity index (χ1) is 14.5. The fourth-order valence-corrected chi connectivity index (χ4v) is 4.45. The first-order valence-electron chi connectivity index (χ1n) is 9.85. The number of hydrogen-bond acceptors (Lipinski definition) is 6. The molecule has 3 aromatic rings. The van der Waals surface area contributed by atoms with Crippen LogP contribution in [0.1, 0.15) is 22.8 Å². The van der Waals surface area contributed by atoms with E-state index in [1.807, 2.05) is 19.1 Å². The first kappa shape index (κ1) is 20.9. The number of carbonyl (C=O) groups is 1. The Labute approximate surface area is 185 Å². The van der Waals surface area contributed by atoms with E-state index >= 15 is 0 Å². The minimum atomic E-state index is -0.323. The van der Waals surface area contributed by atoms with Crippen LogP contribution in [0.2, 0.25) is 5.02 Å². The van der Waals surface area contributed by atoms with Gasteiger partial charge in [-0.1, -0.05) is 41.6 Å². The minimum absolute atomic E-state index is 0.0314. The van der Waals surface area contributed by atoms with Crippen molar-refractivity contribution in [3.63, 3.8) is 0 Å². The van der Waals surface area contributed by atoms with Crippen molar-refractivity contribution < 1.29 is 9.53 Å². The largest absolute Gasteiger partial charge is 0.378 e. The molecule has 30 heavy (non-hydrogen) atoms. The summed E-state index contributed by atoms with van der Waals surface area (Å²) >= 11 is 7.37. The Morgan fingerprint density at radius 3 is 2.50 bits per heavy atom. The number of benzene rings is 2. The van der Waals surface area contributed by atoms with E-state index in [4.69, 9.17) is 16.3 Å². The van der Waals surface area contributed by atoms with Crippen molar-refractivity contribution in [1.29, 1.82) is 0 Å². The van der Waals surface area contributed by atoms with E-state index in [1.165, 1.54) is 11.8 Å². The quantitative estimate of drug-likeness (QED) is 0.415. The molecule has 156 valence electrons. The Morgan fingerprint density at radius 1 is 1.10 bits per heavy atom. The number of Topliss-reactive ketones (excluding diaryl/α,β-unsaturated/α-hetero) is 1. The van der Waals surface area contributed by atoms with Gasteiger partial charge in [-0.05, 0) is 49.7 Å². The molecule has 4 rings (SSSR count). The maximum Gasteiger partial charge on any atom is 0.232 e. The third kappa shape index (κ3) is 4.38. The van der Waals surface area contributed by atoms with E-state index in [2.05, 4.69) is 38.7 Å². The molecule has 0 spiro atoms. The highest BCUT2D eigenvalue weighted by atomic mass is 35.5. The predicted molar refractivity (Wildman–Crippen MR) is 120 cm³/mol. The summed E-state index contributed by atoms with van der Waals surface area (Å²) in [6, 6.07) is 15.1. The zero-order valence-electron chi connectivity index (χ0n) is 16.9. The lowest BCUT2D eigenvalue weighted by Crippen LogP contribution is -2.38. The number of morpholine rings is 1. The first-order valence-corrected chi connectivity index (χ1v) is 11.1. The van der Waals surface area contributed by atoms with Gasteiger partial charge in [0.25, 0.3) is 0 Å². The standard InChI is InChI=1S/C22H23ClN4O2S/c1-15-5-3-4-6-19(15)27-21(26-11-13-29-14-12-26)24-25-22(27)30-16(2)20(28)17-7-9-18(23)10-8-17/h3-10,16H,11-14H2,1-2H3. The molecule has 1 fully saturated rings. The van der Waals surface area contributed by atoms with Gasteiger partial charge in [0.1, 0.15) is 0 Å². The van der Waals surface area contributed by atoms with E-state index in [0.29, 0.717) is 29.0 Å². The average Bonchev–Trinajstić information content (AvgIpc) is 3.18. The third-order valence-electron chi connectivity index (χ3n) is 5.05. The summed E-state index contributed by atoms with van der Waals surface area (Å²) in [6.45, 7) is 6.80. The number of anilines is 1. The summed E-state index contributed by atoms with van der Waals surface area (Å²) in [6.07, 6.45) is 0. The van der Waals surface area contributed by atoms with Gasteiger partial charge in [0.15, 0.2) is 10.9 Å². The van der Waals surface area contributed by atoms with Crippen LogP contribution in [0.3, 0.4) is 0 Å². The Morgan fingerprint density at radius 2 is 1.80 bits per heavy atom. The highest BCUT2D eigenvalue weighted by Crippen LogP contribution is 2.32. The molecular weight excluding hydrogens is 420 g/mol. The number of hydrogen-bond donors (Lipinski definition) is 0. The number of aromatic nitrogens is 3. The van der Waals surface area contributed by atoms with Crippen LogP contribution in [0.5, 0.6) is 0 Å². The highest BCUT2D eigenvalue weighted by molar-refractivity contribution is 8.00. The number of halogens is 1. The number of thioether (sulfide) groups is 1. The third-order valence-corrected chi connectivity index (χ3v) is 6.34. The van der Waals surface area contributed by atoms with Crippen LogP contribution in [-0.4, -0.2) is 52.1 Å². The smallest absolute Gasteiger partial charge is 0.232 e. The van der Waals surface area contributed by atoms with Crippen molar-refractivity contribution in [3.8, 4) is 5.69 Å². The maximum atomic E-state index is 12.9. The summed E-state index contributed by atoms with van der Waals surface area (Å²) < 4.78 is 7.54. The van der Waals surface area contributed by atoms with E-state index in [1.54, 1.807) is 24.3 Å². The van der Waals surface area contributed by atoms with E-state index in [9.17, 15) is 4.79 Å². The summed E-state index contributed by atoms with van der Waals surface area (Å²) in [7, 11) is 0. The van der Waals surface area contributed by atoms with E-state index in [-0.39, 0.29) is 11.0 Å². The van der Waals surface area contributed by atoms with Crippen molar-refractivity contribution in [1.82, 2.24) is 14.8 Å². The molecule has 1 aliphatic rings. The van der Waals surface area contributed by atoms with Crippen molar-refractivity contribution in [2.45, 2.75) is 24.3 Å². The zero-order chi connectivity index (χ0) is 21.1. The lowest BCUT2D eigenvalue weighted by atomic mass is 10.1. The average molecular weight is 443 g/mol. The zero-order valence-corrected chi connectivity index (χ0v) is 18.5. The Hall–Kier alpha value is -2.35. The number of ketones is 1. The normalized spacial score (nSPS) is 15.2. The van der Waals surface area contributed by atoms with Crippen LogP contribution in [0.25, 0.3) is 5.69 Å². The molecule has 0 aliphatic carbocycles. The topological polar surface area (TPSA) is 60.2 Å². The molecule has 1 unspecified atom stereocenters. The van der Waals surface area contributed by atoms with Gasteiger partial charge in [-0.3, -0.25) is 9.36 Å². The summed E-state index contributed by atoms with van der Waals surface area (Å²) in [5, 5.41) is 9.93. The Balaban J connectivity index is 1.67. The lowest BCUT2D eigenvalue weighted by Gasteiger charge is -2.28. The second-order valence-electron chi connectivity index (χ2n) is 7.14. The molecule has 1 atom stereocenters. The molecule has 6 nitrogen and oxygen atoms in total. The molecule has 0 saturated carbocycles. The van der Waals surface area contributed by atoms with E-state index < -0.39 is 0 Å². The number of carbonyl (C=O) groups excluding carboxylic acids is 1. The lowest BCUT2D eigenvalue weighted by molar-refractivity contribution is 0.0994. The predicted octanol–water partition coefficient (Wildman–Crippen LogP) is 4.43. The fraction of sp³-hybridized carbons (Fsp3) is 0.318. The van der Waals surface area contributed by atoms with Gasteiger partial charge in [0, 0.05) is 23.7 Å². The molecule has 1 aliphatic heterocycles. The second kappa shape index (κ2) is 9.20. The second-order valence-corrected chi connectivity index (χ2v) is 8.88. The number of ether oxygens (including phenoxy) is 1. The Bertz CT molecular complexity index is 1030. The Kier molecular flexibility index (Phi) is 6.41. The van der Waals surface area contributed by atoms with Gasteiger partial charge >= 0.3 is 0 Å². The van der Waals surface area contributed by atoms with Crippen LogP contribution < -0.4 is 4.90 Å². The molecular formula is C22H23ClN4O2S. The summed E-state index contributed by atoms with van der Waals surface area (Å²) in [5.74, 6) is 0.810. The monoisotopic (exact) mass is 442 g/mol. The number of para-hydroxylation sites is 1. The molecule has 8 heteroatoms. The van der Waals surface area contributed by atoms with Gasteiger partial charge in [-0.15, -0.1) is 10.2 Å². The van der Waals surface area contributed by atoms with Crippen molar-refractivity contribution >= 4 is 35.1 Å². The van der Waals surface area contributed by atoms with E-state index in [0.717, 1.165) is 30.3 Å². The number of aryl methyl sites for hydroxylation is 1. The minimum Gasteiger partial charge on any atom is -0.378 e. The summed E-state index contributed by atoms with van der Waals surface area (Å²) in [5.41, 5.74) is 2.76. The molecule has 0 radical (unpaired) electrons. The fourth-order valence-electron chi connectivity index (χ4n) is 3.39. The number of nitrogens with zero attached hydrogens (tertiary/aromatic N) is 4. The van der Waals surface area contributed by atoms with Crippen LogP contribution in [-0.2, 0) is 4.74 Å². The van der Waals surface area contributed by atoms with Crippen molar-refractivity contribution in [3.05, 3.63) is 64.7 Å². The van der Waals surface area contributed by atoms with Crippen LogP contribution in [0, 0.1) is 6.92 Å².